The van der Waals surface area contributed by atoms with Gasteiger partial charge in [0.2, 0.25) is 0 Å². The molecular weight excluding hydrogens is 244 g/mol. The van der Waals surface area contributed by atoms with E-state index in [0.717, 1.165) is 17.5 Å². The van der Waals surface area contributed by atoms with Gasteiger partial charge in [-0.15, -0.1) is 0 Å². The summed E-state index contributed by atoms with van der Waals surface area (Å²) in [6.45, 7) is 0.439. The largest absolute Gasteiger partial charge is 0.508 e. The van der Waals surface area contributed by atoms with Gasteiger partial charge in [-0.25, -0.2) is 0 Å². The number of rotatable bonds is 1. The summed E-state index contributed by atoms with van der Waals surface area (Å²) in [6, 6.07) is 9.66. The number of hydrogen-bond acceptors (Lipinski definition) is 4. The molecule has 1 heterocycles. The Labute approximate surface area is 110 Å². The molecule has 0 radical (unpaired) electrons. The van der Waals surface area contributed by atoms with Gasteiger partial charge < -0.3 is 20.1 Å². The molecule has 1 aliphatic rings. The summed E-state index contributed by atoms with van der Waals surface area (Å²) in [5.74, 6) is 1.04. The molecule has 0 aliphatic carbocycles. The maximum absolute atomic E-state index is 9.88. The quantitative estimate of drug-likeness (QED) is 0.735. The van der Waals surface area contributed by atoms with Crippen molar-refractivity contribution in [1.82, 2.24) is 0 Å². The Kier molecular flexibility index (Phi) is 2.71. The van der Waals surface area contributed by atoms with Crippen LogP contribution in [0.4, 0.5) is 0 Å². The third kappa shape index (κ3) is 2.17. The van der Waals surface area contributed by atoms with E-state index in [4.69, 9.17) is 4.74 Å². The van der Waals surface area contributed by atoms with Gasteiger partial charge in [0.1, 0.15) is 23.0 Å². The summed E-state index contributed by atoms with van der Waals surface area (Å²) in [4.78, 5) is 0. The van der Waals surface area contributed by atoms with Gasteiger partial charge in [0.15, 0.2) is 0 Å². The van der Waals surface area contributed by atoms with Gasteiger partial charge in [0, 0.05) is 23.6 Å². The first-order valence-electron chi connectivity index (χ1n) is 6.10. The van der Waals surface area contributed by atoms with Crippen LogP contribution in [-0.2, 0) is 6.42 Å². The second-order valence-electron chi connectivity index (χ2n) is 4.75. The SMILES string of the molecule is Oc1ccc([C@H]2COc3cc(O)ccc3C2)c(O)c1. The van der Waals surface area contributed by atoms with Crippen molar-refractivity contribution in [1.29, 1.82) is 0 Å². The number of phenols is 3. The van der Waals surface area contributed by atoms with Crippen molar-refractivity contribution in [2.75, 3.05) is 6.61 Å². The highest BCUT2D eigenvalue weighted by Crippen LogP contribution is 2.38. The van der Waals surface area contributed by atoms with Gasteiger partial charge in [-0.2, -0.15) is 0 Å². The van der Waals surface area contributed by atoms with Crippen LogP contribution in [0.5, 0.6) is 23.0 Å². The highest BCUT2D eigenvalue weighted by atomic mass is 16.5. The van der Waals surface area contributed by atoms with Crippen molar-refractivity contribution in [2.24, 2.45) is 0 Å². The minimum absolute atomic E-state index is 0.0395. The third-order valence-corrected chi connectivity index (χ3v) is 3.41. The molecule has 19 heavy (non-hydrogen) atoms. The van der Waals surface area contributed by atoms with Crippen LogP contribution in [0.2, 0.25) is 0 Å². The molecule has 0 bridgehead atoms. The summed E-state index contributed by atoms with van der Waals surface area (Å²) in [7, 11) is 0. The number of hydrogen-bond donors (Lipinski definition) is 3. The molecule has 1 aliphatic heterocycles. The molecule has 98 valence electrons. The van der Waals surface area contributed by atoms with Crippen LogP contribution in [0, 0.1) is 0 Å². The molecule has 0 saturated heterocycles. The van der Waals surface area contributed by atoms with E-state index in [0.29, 0.717) is 12.4 Å². The first-order valence-corrected chi connectivity index (χ1v) is 6.10. The summed E-state index contributed by atoms with van der Waals surface area (Å²) in [6.07, 6.45) is 0.730. The lowest BCUT2D eigenvalue weighted by Gasteiger charge is -2.26. The fraction of sp³-hybridized carbons (Fsp3) is 0.200. The zero-order valence-corrected chi connectivity index (χ0v) is 10.2. The third-order valence-electron chi connectivity index (χ3n) is 3.41. The van der Waals surface area contributed by atoms with Gasteiger partial charge in [0.05, 0.1) is 6.61 Å². The molecule has 0 amide bonds. The lowest BCUT2D eigenvalue weighted by atomic mass is 9.89. The Balaban J connectivity index is 1.91. The Hall–Kier alpha value is -2.36. The van der Waals surface area contributed by atoms with Gasteiger partial charge in [0.25, 0.3) is 0 Å². The number of ether oxygens (including phenoxy) is 1. The lowest BCUT2D eigenvalue weighted by molar-refractivity contribution is 0.258. The molecular formula is C15H14O4. The molecule has 3 rings (SSSR count). The predicted octanol–water partition coefficient (Wildman–Crippen LogP) is 2.52. The van der Waals surface area contributed by atoms with Gasteiger partial charge in [-0.1, -0.05) is 12.1 Å². The zero-order valence-electron chi connectivity index (χ0n) is 10.2. The molecule has 0 aromatic heterocycles. The van der Waals surface area contributed by atoms with Crippen molar-refractivity contribution in [3.63, 3.8) is 0 Å². The van der Waals surface area contributed by atoms with E-state index in [-0.39, 0.29) is 23.2 Å². The topological polar surface area (TPSA) is 69.9 Å². The smallest absolute Gasteiger partial charge is 0.126 e. The van der Waals surface area contributed by atoms with E-state index in [1.54, 1.807) is 24.3 Å². The van der Waals surface area contributed by atoms with Gasteiger partial charge >= 0.3 is 0 Å². The van der Waals surface area contributed by atoms with Gasteiger partial charge in [-0.05, 0) is 24.1 Å². The van der Waals surface area contributed by atoms with Crippen LogP contribution in [0.3, 0.4) is 0 Å². The Morgan fingerprint density at radius 3 is 2.47 bits per heavy atom. The molecule has 3 N–H and O–H groups in total. The highest BCUT2D eigenvalue weighted by Gasteiger charge is 2.23. The number of phenolic OH excluding ortho intramolecular Hbond substituents is 3. The van der Waals surface area contributed by atoms with Crippen LogP contribution in [0.15, 0.2) is 36.4 Å². The summed E-state index contributed by atoms with van der Waals surface area (Å²) in [5.41, 5.74) is 1.76. The second-order valence-corrected chi connectivity index (χ2v) is 4.75. The van der Waals surface area contributed by atoms with E-state index in [1.165, 1.54) is 6.07 Å². The molecule has 2 aromatic carbocycles. The van der Waals surface area contributed by atoms with E-state index < -0.39 is 0 Å². The minimum Gasteiger partial charge on any atom is -0.508 e. The number of aromatic hydroxyl groups is 3. The monoisotopic (exact) mass is 258 g/mol. The number of benzene rings is 2. The number of fused-ring (bicyclic) bond motifs is 1. The zero-order chi connectivity index (χ0) is 13.4. The van der Waals surface area contributed by atoms with Crippen molar-refractivity contribution in [2.45, 2.75) is 12.3 Å². The lowest BCUT2D eigenvalue weighted by Crippen LogP contribution is -2.19. The average molecular weight is 258 g/mol. The van der Waals surface area contributed by atoms with Crippen molar-refractivity contribution < 1.29 is 20.1 Å². The average Bonchev–Trinajstić information content (AvgIpc) is 2.38. The van der Waals surface area contributed by atoms with E-state index in [2.05, 4.69) is 0 Å². The Morgan fingerprint density at radius 2 is 1.68 bits per heavy atom. The molecule has 1 atom stereocenters. The molecule has 4 heteroatoms. The molecule has 0 spiro atoms. The Morgan fingerprint density at radius 1 is 0.947 bits per heavy atom. The molecule has 0 saturated carbocycles. The van der Waals surface area contributed by atoms with Crippen molar-refractivity contribution in [3.05, 3.63) is 47.5 Å². The minimum atomic E-state index is 0.0395. The van der Waals surface area contributed by atoms with E-state index in [1.807, 2.05) is 6.07 Å². The van der Waals surface area contributed by atoms with Crippen LogP contribution in [-0.4, -0.2) is 21.9 Å². The molecule has 2 aromatic rings. The molecule has 0 unspecified atom stereocenters. The predicted molar refractivity (Wildman–Crippen MR) is 69.8 cm³/mol. The van der Waals surface area contributed by atoms with Crippen LogP contribution < -0.4 is 4.74 Å². The van der Waals surface area contributed by atoms with Crippen molar-refractivity contribution in [3.8, 4) is 23.0 Å². The van der Waals surface area contributed by atoms with E-state index >= 15 is 0 Å². The fourth-order valence-corrected chi connectivity index (χ4v) is 2.44. The maximum atomic E-state index is 9.88. The second kappa shape index (κ2) is 4.39. The van der Waals surface area contributed by atoms with Gasteiger partial charge in [-0.3, -0.25) is 0 Å². The van der Waals surface area contributed by atoms with Crippen LogP contribution in [0.1, 0.15) is 17.0 Å². The fourth-order valence-electron chi connectivity index (χ4n) is 2.44. The van der Waals surface area contributed by atoms with E-state index in [9.17, 15) is 15.3 Å². The maximum Gasteiger partial charge on any atom is 0.126 e. The molecule has 0 fully saturated rings. The highest BCUT2D eigenvalue weighted by molar-refractivity contribution is 5.46. The normalized spacial score (nSPS) is 17.6. The van der Waals surface area contributed by atoms with Crippen LogP contribution in [0.25, 0.3) is 0 Å². The first kappa shape index (κ1) is 11.7. The first-order chi connectivity index (χ1) is 9.13. The summed E-state index contributed by atoms with van der Waals surface area (Å²) < 4.78 is 5.62. The van der Waals surface area contributed by atoms with Crippen molar-refractivity contribution >= 4 is 0 Å². The Bertz CT molecular complexity index is 622. The van der Waals surface area contributed by atoms with Crippen LogP contribution >= 0.6 is 0 Å². The summed E-state index contributed by atoms with van der Waals surface area (Å²) in [5, 5.41) is 28.6. The molecule has 4 nitrogen and oxygen atoms in total. The standard InChI is InChI=1S/C15H14O4/c16-11-3-4-13(14(18)6-11)10-5-9-1-2-12(17)7-15(9)19-8-10/h1-4,6-7,10,16-18H,5,8H2/t10-/m1/s1. The summed E-state index contributed by atoms with van der Waals surface area (Å²) >= 11 is 0.